The van der Waals surface area contributed by atoms with Crippen LogP contribution in [0.15, 0.2) is 51.7 Å². The molecule has 7 heteroatoms. The lowest BCUT2D eigenvalue weighted by atomic mass is 10.0. The maximum atomic E-state index is 12.2. The smallest absolute Gasteiger partial charge is 0.336 e. The number of benzene rings is 2. The molecule has 1 heterocycles. The number of nitrogens with one attached hydrogen (secondary N) is 1. The van der Waals surface area contributed by atoms with Gasteiger partial charge in [-0.2, -0.15) is 0 Å². The van der Waals surface area contributed by atoms with Crippen molar-refractivity contribution >= 4 is 28.5 Å². The molecule has 0 bridgehead atoms. The fourth-order valence-corrected chi connectivity index (χ4v) is 2.99. The molecule has 7 nitrogen and oxygen atoms in total. The second-order valence-electron chi connectivity index (χ2n) is 6.64. The van der Waals surface area contributed by atoms with Crippen LogP contribution in [0.2, 0.25) is 0 Å². The van der Waals surface area contributed by atoms with Gasteiger partial charge in [0.2, 0.25) is 5.91 Å². The lowest BCUT2D eigenvalue weighted by molar-refractivity contribution is -0.144. The standard InChI is InChI=1S/C22H21NO6/c1-3-15-9-18-16(10-22(27)29-20(18)11-19(15)25)12-28-21(26)8-14-4-6-17(7-5-14)23-13(2)24/h4-7,9-11,25H,3,8,12H2,1-2H3,(H,23,24). The van der Waals surface area contributed by atoms with Crippen LogP contribution in [0.5, 0.6) is 5.75 Å². The van der Waals surface area contributed by atoms with Crippen molar-refractivity contribution in [2.45, 2.75) is 33.3 Å². The van der Waals surface area contributed by atoms with Crippen LogP contribution in [0.4, 0.5) is 5.69 Å². The molecule has 0 aliphatic carbocycles. The Kier molecular flexibility index (Phi) is 5.97. The minimum atomic E-state index is -0.583. The minimum Gasteiger partial charge on any atom is -0.508 e. The Morgan fingerprint density at radius 1 is 1.10 bits per heavy atom. The average molecular weight is 395 g/mol. The lowest BCUT2D eigenvalue weighted by Gasteiger charge is -2.10. The highest BCUT2D eigenvalue weighted by Gasteiger charge is 2.12. The molecule has 0 saturated heterocycles. The number of anilines is 1. The quantitative estimate of drug-likeness (QED) is 0.490. The summed E-state index contributed by atoms with van der Waals surface area (Å²) in [6.45, 7) is 3.24. The number of esters is 1. The molecule has 0 aliphatic rings. The lowest BCUT2D eigenvalue weighted by Crippen LogP contribution is -2.10. The molecule has 0 radical (unpaired) electrons. The summed E-state index contributed by atoms with van der Waals surface area (Å²) < 4.78 is 10.5. The van der Waals surface area contributed by atoms with Gasteiger partial charge in [-0.05, 0) is 35.7 Å². The van der Waals surface area contributed by atoms with Crippen molar-refractivity contribution < 1.29 is 23.8 Å². The minimum absolute atomic E-state index is 0.0556. The summed E-state index contributed by atoms with van der Waals surface area (Å²) in [6, 6.07) is 11.3. The van der Waals surface area contributed by atoms with E-state index in [0.717, 1.165) is 5.56 Å². The van der Waals surface area contributed by atoms with E-state index in [1.54, 1.807) is 30.3 Å². The zero-order valence-corrected chi connectivity index (χ0v) is 16.2. The van der Waals surface area contributed by atoms with Crippen LogP contribution in [0.25, 0.3) is 11.0 Å². The summed E-state index contributed by atoms with van der Waals surface area (Å²) in [5.41, 5.74) is 2.26. The molecule has 3 rings (SSSR count). The number of aromatic hydroxyl groups is 1. The monoisotopic (exact) mass is 395 g/mol. The number of rotatable bonds is 6. The normalized spacial score (nSPS) is 10.7. The first-order chi connectivity index (χ1) is 13.9. The molecule has 0 saturated carbocycles. The van der Waals surface area contributed by atoms with Gasteiger partial charge in [-0.3, -0.25) is 9.59 Å². The Labute approximate surface area is 166 Å². The molecule has 1 aromatic heterocycles. The van der Waals surface area contributed by atoms with Crippen LogP contribution < -0.4 is 10.9 Å². The van der Waals surface area contributed by atoms with E-state index in [9.17, 15) is 19.5 Å². The van der Waals surface area contributed by atoms with Gasteiger partial charge in [0.05, 0.1) is 6.42 Å². The first-order valence-electron chi connectivity index (χ1n) is 9.16. The number of carbonyl (C=O) groups excluding carboxylic acids is 2. The molecule has 2 N–H and O–H groups in total. The van der Waals surface area contributed by atoms with Crippen LogP contribution in [0.1, 0.15) is 30.5 Å². The maximum Gasteiger partial charge on any atom is 0.336 e. The predicted octanol–water partition coefficient (Wildman–Crippen LogP) is 3.31. The van der Waals surface area contributed by atoms with Crippen molar-refractivity contribution in [2.75, 3.05) is 5.32 Å². The van der Waals surface area contributed by atoms with Crippen molar-refractivity contribution in [2.24, 2.45) is 0 Å². The van der Waals surface area contributed by atoms with Crippen LogP contribution in [-0.2, 0) is 33.8 Å². The largest absolute Gasteiger partial charge is 0.508 e. The van der Waals surface area contributed by atoms with Gasteiger partial charge in [-0.25, -0.2) is 4.79 Å². The van der Waals surface area contributed by atoms with Crippen molar-refractivity contribution in [1.82, 2.24) is 0 Å². The highest BCUT2D eigenvalue weighted by Crippen LogP contribution is 2.27. The Balaban J connectivity index is 1.72. The van der Waals surface area contributed by atoms with Gasteiger partial charge in [0.15, 0.2) is 0 Å². The SMILES string of the molecule is CCc1cc2c(COC(=O)Cc3ccc(NC(C)=O)cc3)cc(=O)oc2cc1O. The number of aryl methyl sites for hydroxylation is 1. The van der Waals surface area contributed by atoms with E-state index >= 15 is 0 Å². The number of fused-ring (bicyclic) bond motifs is 1. The molecule has 1 amide bonds. The molecule has 0 unspecified atom stereocenters. The third-order valence-corrected chi connectivity index (χ3v) is 4.42. The van der Waals surface area contributed by atoms with Gasteiger partial charge in [-0.1, -0.05) is 19.1 Å². The summed E-state index contributed by atoms with van der Waals surface area (Å²) in [6.07, 6.45) is 0.662. The van der Waals surface area contributed by atoms with Crippen molar-refractivity contribution in [3.05, 3.63) is 69.6 Å². The number of hydrogen-bond donors (Lipinski definition) is 2. The van der Waals surface area contributed by atoms with Crippen LogP contribution >= 0.6 is 0 Å². The topological polar surface area (TPSA) is 106 Å². The molecule has 0 spiro atoms. The Morgan fingerprint density at radius 3 is 2.48 bits per heavy atom. The van der Waals surface area contributed by atoms with Gasteiger partial charge in [-0.15, -0.1) is 0 Å². The number of ether oxygens (including phenoxy) is 1. The van der Waals surface area contributed by atoms with Crippen LogP contribution in [0, 0.1) is 0 Å². The number of phenols is 1. The fraction of sp³-hybridized carbons (Fsp3) is 0.227. The molecular weight excluding hydrogens is 374 g/mol. The van der Waals surface area contributed by atoms with E-state index in [1.807, 2.05) is 6.92 Å². The molecule has 0 atom stereocenters. The van der Waals surface area contributed by atoms with Crippen LogP contribution in [-0.4, -0.2) is 17.0 Å². The van der Waals surface area contributed by atoms with E-state index in [-0.39, 0.29) is 30.3 Å². The molecule has 150 valence electrons. The van der Waals surface area contributed by atoms with Crippen molar-refractivity contribution in [3.63, 3.8) is 0 Å². The number of carbonyl (C=O) groups is 2. The second-order valence-corrected chi connectivity index (χ2v) is 6.64. The first-order valence-corrected chi connectivity index (χ1v) is 9.16. The van der Waals surface area contributed by atoms with Gasteiger partial charge in [0, 0.05) is 35.7 Å². The summed E-state index contributed by atoms with van der Waals surface area (Å²) in [5.74, 6) is -0.565. The van der Waals surface area contributed by atoms with E-state index in [0.29, 0.717) is 28.6 Å². The average Bonchev–Trinajstić information content (AvgIpc) is 2.66. The third-order valence-electron chi connectivity index (χ3n) is 4.42. The van der Waals surface area contributed by atoms with Crippen LogP contribution in [0.3, 0.4) is 0 Å². The van der Waals surface area contributed by atoms with Crippen molar-refractivity contribution in [3.8, 4) is 5.75 Å². The first kappa shape index (κ1) is 20.1. The molecule has 3 aromatic rings. The zero-order chi connectivity index (χ0) is 21.0. The van der Waals surface area contributed by atoms with Gasteiger partial charge in [0.1, 0.15) is 17.9 Å². The van der Waals surface area contributed by atoms with Crippen molar-refractivity contribution in [1.29, 1.82) is 0 Å². The van der Waals surface area contributed by atoms with Gasteiger partial charge in [0.25, 0.3) is 0 Å². The third kappa shape index (κ3) is 5.01. The van der Waals surface area contributed by atoms with E-state index in [1.165, 1.54) is 19.1 Å². The number of phenolic OH excluding ortho intramolecular Hbond substituents is 1. The van der Waals surface area contributed by atoms with E-state index in [2.05, 4.69) is 5.32 Å². The highest BCUT2D eigenvalue weighted by molar-refractivity contribution is 5.88. The molecule has 2 aromatic carbocycles. The Bertz CT molecular complexity index is 1110. The number of amides is 1. The highest BCUT2D eigenvalue weighted by atomic mass is 16.5. The second kappa shape index (κ2) is 8.60. The molecule has 0 aliphatic heterocycles. The summed E-state index contributed by atoms with van der Waals surface area (Å²) in [4.78, 5) is 35.1. The Hall–Kier alpha value is -3.61. The van der Waals surface area contributed by atoms with Gasteiger partial charge >= 0.3 is 11.6 Å². The summed E-state index contributed by atoms with van der Waals surface area (Å²) in [5, 5.41) is 13.2. The summed E-state index contributed by atoms with van der Waals surface area (Å²) in [7, 11) is 0. The zero-order valence-electron chi connectivity index (χ0n) is 16.2. The summed E-state index contributed by atoms with van der Waals surface area (Å²) >= 11 is 0. The Morgan fingerprint density at radius 2 is 1.83 bits per heavy atom. The van der Waals surface area contributed by atoms with E-state index < -0.39 is 11.6 Å². The van der Waals surface area contributed by atoms with Gasteiger partial charge < -0.3 is 19.6 Å². The maximum absolute atomic E-state index is 12.2. The molecule has 29 heavy (non-hydrogen) atoms. The molecular formula is C22H21NO6. The predicted molar refractivity (Wildman–Crippen MR) is 108 cm³/mol. The fourth-order valence-electron chi connectivity index (χ4n) is 2.99. The van der Waals surface area contributed by atoms with E-state index in [4.69, 9.17) is 9.15 Å². The number of hydrogen-bond acceptors (Lipinski definition) is 6. The molecule has 0 fully saturated rings.